The summed E-state index contributed by atoms with van der Waals surface area (Å²) in [5, 5.41) is 2.13. The lowest BCUT2D eigenvalue weighted by molar-refractivity contribution is -0.144. The Balaban J connectivity index is 1.71. The molecule has 0 saturated carbocycles. The zero-order valence-corrected chi connectivity index (χ0v) is 21.9. The van der Waals surface area contributed by atoms with Gasteiger partial charge in [0.25, 0.3) is 0 Å². The highest BCUT2D eigenvalue weighted by atomic mass is 35.5. The third-order valence-electron chi connectivity index (χ3n) is 6.14. The number of fused-ring (bicyclic) bond motifs is 1. The van der Waals surface area contributed by atoms with E-state index in [-0.39, 0.29) is 22.8 Å². The van der Waals surface area contributed by atoms with Gasteiger partial charge in [0.05, 0.1) is 4.90 Å². The van der Waals surface area contributed by atoms with Gasteiger partial charge in [-0.1, -0.05) is 23.7 Å². The zero-order valence-electron chi connectivity index (χ0n) is 20.3. The third kappa shape index (κ3) is 5.89. The fraction of sp³-hybridized carbons (Fsp3) is 0.500. The lowest BCUT2D eigenvalue weighted by Crippen LogP contribution is -2.52. The molecule has 2 aromatic rings. The Kier molecular flexibility index (Phi) is 8.23. The third-order valence-corrected chi connectivity index (χ3v) is 7.85. The minimum absolute atomic E-state index is 0.00955. The highest BCUT2D eigenvalue weighted by Gasteiger charge is 2.40. The second kappa shape index (κ2) is 10.6. The summed E-state index contributed by atoms with van der Waals surface area (Å²) in [5.41, 5.74) is 0. The zero-order chi connectivity index (χ0) is 25.2. The number of hydrogen-bond acceptors (Lipinski definition) is 5. The number of amides is 2. The summed E-state index contributed by atoms with van der Waals surface area (Å²) >= 11 is 6.01. The molecule has 34 heavy (non-hydrogen) atoms. The van der Waals surface area contributed by atoms with E-state index >= 15 is 0 Å². The fourth-order valence-corrected chi connectivity index (χ4v) is 5.56. The number of hydrogen-bond donors (Lipinski definition) is 1. The van der Waals surface area contributed by atoms with Gasteiger partial charge in [0.15, 0.2) is 0 Å². The minimum Gasteiger partial charge on any atom is -0.337 e. The Bertz CT molecular complexity index is 1170. The smallest absolute Gasteiger partial charge is 0.245 e. The summed E-state index contributed by atoms with van der Waals surface area (Å²) < 4.78 is 28.6. The van der Waals surface area contributed by atoms with Crippen LogP contribution in [0.25, 0.3) is 10.8 Å². The average molecular weight is 509 g/mol. The summed E-state index contributed by atoms with van der Waals surface area (Å²) in [6.45, 7) is 7.18. The second-order valence-corrected chi connectivity index (χ2v) is 11.4. The van der Waals surface area contributed by atoms with Crippen LogP contribution in [0, 0.1) is 0 Å². The summed E-state index contributed by atoms with van der Waals surface area (Å²) in [4.78, 5) is 31.5. The van der Waals surface area contributed by atoms with Gasteiger partial charge in [-0.2, -0.15) is 4.72 Å². The van der Waals surface area contributed by atoms with Crippen LogP contribution >= 0.6 is 11.6 Å². The van der Waals surface area contributed by atoms with E-state index in [4.69, 9.17) is 11.6 Å². The van der Waals surface area contributed by atoms with E-state index in [1.165, 1.54) is 11.0 Å². The summed E-state index contributed by atoms with van der Waals surface area (Å²) in [5.74, 6) is -0.518. The molecule has 1 saturated heterocycles. The molecular formula is C24H33ClN4O4S. The lowest BCUT2D eigenvalue weighted by Gasteiger charge is -2.33. The van der Waals surface area contributed by atoms with Gasteiger partial charge in [-0.05, 0) is 76.3 Å². The molecule has 0 aromatic heterocycles. The van der Waals surface area contributed by atoms with E-state index in [9.17, 15) is 18.0 Å². The molecule has 0 aliphatic carbocycles. The van der Waals surface area contributed by atoms with Crippen LogP contribution < -0.4 is 4.72 Å². The van der Waals surface area contributed by atoms with Crippen molar-refractivity contribution in [3.8, 4) is 0 Å². The SMILES string of the molecule is CC(C)N(CCN(C)C)C(=O)[C@H](C)N1CC[C@H](NS(=O)(=O)c2ccc3cc(Cl)ccc3c2)C1=O. The Hall–Kier alpha value is -2.20. The quantitative estimate of drug-likeness (QED) is 0.562. The molecule has 0 spiro atoms. The molecule has 2 aromatic carbocycles. The Morgan fingerprint density at radius 3 is 2.41 bits per heavy atom. The van der Waals surface area contributed by atoms with Crippen molar-refractivity contribution in [3.05, 3.63) is 41.4 Å². The van der Waals surface area contributed by atoms with Crippen molar-refractivity contribution in [1.82, 2.24) is 19.4 Å². The van der Waals surface area contributed by atoms with Crippen molar-refractivity contribution >= 4 is 44.2 Å². The fourth-order valence-electron chi connectivity index (χ4n) is 4.12. The summed E-state index contributed by atoms with van der Waals surface area (Å²) in [6.07, 6.45) is 0.304. The number of nitrogens with one attached hydrogen (secondary N) is 1. The van der Waals surface area contributed by atoms with Crippen molar-refractivity contribution in [3.63, 3.8) is 0 Å². The first-order valence-corrected chi connectivity index (χ1v) is 13.2. The normalized spacial score (nSPS) is 17.7. The van der Waals surface area contributed by atoms with E-state index in [0.717, 1.165) is 10.8 Å². The number of benzene rings is 2. The molecule has 0 unspecified atom stereocenters. The molecule has 1 aliphatic rings. The number of rotatable bonds is 9. The highest BCUT2D eigenvalue weighted by molar-refractivity contribution is 7.89. The van der Waals surface area contributed by atoms with Crippen LogP contribution in [0.3, 0.4) is 0 Å². The van der Waals surface area contributed by atoms with E-state index in [2.05, 4.69) is 4.72 Å². The molecule has 1 fully saturated rings. The van der Waals surface area contributed by atoms with Crippen LogP contribution in [0.4, 0.5) is 0 Å². The lowest BCUT2D eigenvalue weighted by atomic mass is 10.1. The van der Waals surface area contributed by atoms with E-state index in [0.29, 0.717) is 31.1 Å². The second-order valence-electron chi connectivity index (χ2n) is 9.25. The van der Waals surface area contributed by atoms with Crippen LogP contribution in [0.1, 0.15) is 27.2 Å². The number of carbonyl (C=O) groups is 2. The van der Waals surface area contributed by atoms with Gasteiger partial charge in [-0.15, -0.1) is 0 Å². The van der Waals surface area contributed by atoms with E-state index < -0.39 is 22.1 Å². The van der Waals surface area contributed by atoms with Gasteiger partial charge >= 0.3 is 0 Å². The average Bonchev–Trinajstić information content (AvgIpc) is 3.11. The number of carbonyl (C=O) groups excluding carboxylic acids is 2. The molecule has 10 heteroatoms. The van der Waals surface area contributed by atoms with Crippen LogP contribution in [0.15, 0.2) is 41.3 Å². The van der Waals surface area contributed by atoms with Crippen LogP contribution in [0.2, 0.25) is 5.02 Å². The van der Waals surface area contributed by atoms with Gasteiger partial charge in [-0.25, -0.2) is 8.42 Å². The number of sulfonamides is 1. The molecular weight excluding hydrogens is 476 g/mol. The topological polar surface area (TPSA) is 90.0 Å². The maximum atomic E-state index is 13.2. The van der Waals surface area contributed by atoms with Crippen molar-refractivity contribution in [2.24, 2.45) is 0 Å². The van der Waals surface area contributed by atoms with Gasteiger partial charge < -0.3 is 14.7 Å². The van der Waals surface area contributed by atoms with Crippen LogP contribution in [0.5, 0.6) is 0 Å². The van der Waals surface area contributed by atoms with Crippen molar-refractivity contribution in [1.29, 1.82) is 0 Å². The van der Waals surface area contributed by atoms with E-state index in [1.807, 2.05) is 32.8 Å². The van der Waals surface area contributed by atoms with Gasteiger partial charge in [0, 0.05) is 30.7 Å². The molecule has 1 aliphatic heterocycles. The molecule has 2 amide bonds. The van der Waals surface area contributed by atoms with Gasteiger partial charge in [0.1, 0.15) is 12.1 Å². The Labute approximate surface area is 206 Å². The Morgan fingerprint density at radius 2 is 1.76 bits per heavy atom. The summed E-state index contributed by atoms with van der Waals surface area (Å²) in [7, 11) is -0.0423. The molecule has 2 atom stereocenters. The number of likely N-dealkylation sites (N-methyl/N-ethyl adjacent to an activating group) is 1. The van der Waals surface area contributed by atoms with Crippen molar-refractivity contribution in [2.75, 3.05) is 33.7 Å². The largest absolute Gasteiger partial charge is 0.337 e. The minimum atomic E-state index is -3.93. The predicted molar refractivity (Wildman–Crippen MR) is 134 cm³/mol. The predicted octanol–water partition coefficient (Wildman–Crippen LogP) is 2.56. The molecule has 186 valence electrons. The van der Waals surface area contributed by atoms with Crippen molar-refractivity contribution < 1.29 is 18.0 Å². The molecule has 3 rings (SSSR count). The number of likely N-dealkylation sites (tertiary alicyclic amines) is 1. The van der Waals surface area contributed by atoms with Crippen LogP contribution in [-0.4, -0.2) is 86.8 Å². The van der Waals surface area contributed by atoms with Crippen LogP contribution in [-0.2, 0) is 19.6 Å². The van der Waals surface area contributed by atoms with E-state index in [1.54, 1.807) is 42.2 Å². The first kappa shape index (κ1) is 26.4. The maximum Gasteiger partial charge on any atom is 0.245 e. The first-order valence-electron chi connectivity index (χ1n) is 11.4. The van der Waals surface area contributed by atoms with Gasteiger partial charge in [-0.3, -0.25) is 9.59 Å². The molecule has 0 radical (unpaired) electrons. The first-order chi connectivity index (χ1) is 15.9. The summed E-state index contributed by atoms with van der Waals surface area (Å²) in [6, 6.07) is 8.37. The highest BCUT2D eigenvalue weighted by Crippen LogP contribution is 2.24. The van der Waals surface area contributed by atoms with Gasteiger partial charge in [0.2, 0.25) is 21.8 Å². The number of halogens is 1. The molecule has 0 bridgehead atoms. The maximum absolute atomic E-state index is 13.2. The molecule has 8 nitrogen and oxygen atoms in total. The monoisotopic (exact) mass is 508 g/mol. The van der Waals surface area contributed by atoms with Crippen molar-refractivity contribution in [2.45, 2.75) is 50.2 Å². The molecule has 1 heterocycles. The standard InChI is InChI=1S/C24H33ClN4O4S/c1-16(2)28(13-12-27(4)5)23(30)17(3)29-11-10-22(24(29)31)26-34(32,33)21-9-7-18-14-20(25)8-6-19(18)15-21/h6-9,14-17,22,26H,10-13H2,1-5H3/t17-,22-/m0/s1. The Morgan fingerprint density at radius 1 is 1.12 bits per heavy atom. The molecule has 1 N–H and O–H groups in total. The number of nitrogens with zero attached hydrogens (tertiary/aromatic N) is 3.